The van der Waals surface area contributed by atoms with Crippen molar-refractivity contribution in [2.75, 3.05) is 13.2 Å². The standard InChI is InChI=1S/C51H92O6/c1-4-7-10-13-16-19-22-24-25-26-28-29-32-35-38-41-44-50(53)56-47-48(46-55-49(52)43-40-37-34-31-21-18-15-12-9-6-3)57-51(54)45-42-39-36-33-30-27-23-20-17-14-11-8-5-2/h11,14,20,23,25-26,48H,4-10,12-13,15-19,21-22,24,27-47H2,1-3H3/b14-11-,23-20-,26-25-. The summed E-state index contributed by atoms with van der Waals surface area (Å²) in [6, 6.07) is 0. The normalized spacial score (nSPS) is 12.3. The van der Waals surface area contributed by atoms with Crippen molar-refractivity contribution in [1.29, 1.82) is 0 Å². The highest BCUT2D eigenvalue weighted by molar-refractivity contribution is 5.71. The van der Waals surface area contributed by atoms with Crippen molar-refractivity contribution < 1.29 is 28.6 Å². The van der Waals surface area contributed by atoms with Crippen molar-refractivity contribution in [1.82, 2.24) is 0 Å². The number of allylic oxidation sites excluding steroid dienone is 6. The van der Waals surface area contributed by atoms with Crippen LogP contribution >= 0.6 is 0 Å². The van der Waals surface area contributed by atoms with Gasteiger partial charge in [0, 0.05) is 19.3 Å². The molecular formula is C51H92O6. The Hall–Kier alpha value is -2.37. The summed E-state index contributed by atoms with van der Waals surface area (Å²) >= 11 is 0. The van der Waals surface area contributed by atoms with E-state index in [0.717, 1.165) is 96.3 Å². The van der Waals surface area contributed by atoms with Crippen LogP contribution in [0.4, 0.5) is 0 Å². The highest BCUT2D eigenvalue weighted by Gasteiger charge is 2.19. The van der Waals surface area contributed by atoms with Gasteiger partial charge >= 0.3 is 17.9 Å². The number of rotatable bonds is 44. The van der Waals surface area contributed by atoms with E-state index in [9.17, 15) is 14.4 Å². The minimum Gasteiger partial charge on any atom is -0.462 e. The number of unbranched alkanes of at least 4 members (excludes halogenated alkanes) is 27. The molecule has 0 fully saturated rings. The summed E-state index contributed by atoms with van der Waals surface area (Å²) < 4.78 is 16.7. The monoisotopic (exact) mass is 801 g/mol. The molecule has 0 saturated heterocycles. The molecule has 0 aromatic carbocycles. The van der Waals surface area contributed by atoms with Crippen molar-refractivity contribution in [3.05, 3.63) is 36.5 Å². The Morgan fingerprint density at radius 2 is 0.667 bits per heavy atom. The molecule has 0 rings (SSSR count). The second kappa shape index (κ2) is 46.3. The van der Waals surface area contributed by atoms with Gasteiger partial charge in [-0.15, -0.1) is 0 Å². The molecule has 6 heteroatoms. The van der Waals surface area contributed by atoms with Crippen LogP contribution in [0.25, 0.3) is 0 Å². The van der Waals surface area contributed by atoms with Crippen molar-refractivity contribution in [2.45, 2.75) is 258 Å². The third kappa shape index (κ3) is 44.6. The predicted octanol–water partition coefficient (Wildman–Crippen LogP) is 15.8. The molecule has 1 unspecified atom stereocenters. The van der Waals surface area contributed by atoms with Crippen LogP contribution in [0.5, 0.6) is 0 Å². The third-order valence-corrected chi connectivity index (χ3v) is 10.6. The smallest absolute Gasteiger partial charge is 0.306 e. The number of esters is 3. The predicted molar refractivity (Wildman–Crippen MR) is 242 cm³/mol. The molecule has 0 bridgehead atoms. The van der Waals surface area contributed by atoms with Gasteiger partial charge in [-0.1, -0.05) is 198 Å². The Kier molecular flexibility index (Phi) is 44.4. The van der Waals surface area contributed by atoms with Gasteiger partial charge in [-0.05, 0) is 70.6 Å². The highest BCUT2D eigenvalue weighted by Crippen LogP contribution is 2.14. The maximum atomic E-state index is 12.7. The van der Waals surface area contributed by atoms with Gasteiger partial charge in [-0.25, -0.2) is 0 Å². The van der Waals surface area contributed by atoms with E-state index < -0.39 is 6.10 Å². The van der Waals surface area contributed by atoms with Crippen molar-refractivity contribution >= 4 is 17.9 Å². The number of carbonyl (C=O) groups is 3. The molecule has 0 aliphatic rings. The van der Waals surface area contributed by atoms with Gasteiger partial charge in [0.25, 0.3) is 0 Å². The molecule has 0 aromatic heterocycles. The summed E-state index contributed by atoms with van der Waals surface area (Å²) in [6.45, 7) is 6.55. The molecule has 6 nitrogen and oxygen atoms in total. The van der Waals surface area contributed by atoms with Gasteiger partial charge in [0.2, 0.25) is 0 Å². The number of hydrogen-bond acceptors (Lipinski definition) is 6. The zero-order chi connectivity index (χ0) is 41.5. The lowest BCUT2D eigenvalue weighted by Gasteiger charge is -2.18. The van der Waals surface area contributed by atoms with E-state index >= 15 is 0 Å². The van der Waals surface area contributed by atoms with E-state index in [4.69, 9.17) is 14.2 Å². The van der Waals surface area contributed by atoms with Gasteiger partial charge in [-0.3, -0.25) is 14.4 Å². The lowest BCUT2D eigenvalue weighted by molar-refractivity contribution is -0.167. The molecule has 0 saturated carbocycles. The van der Waals surface area contributed by atoms with E-state index in [2.05, 4.69) is 57.2 Å². The fourth-order valence-electron chi connectivity index (χ4n) is 6.89. The Labute approximate surface area is 353 Å². The summed E-state index contributed by atoms with van der Waals surface area (Å²) in [7, 11) is 0. The average Bonchev–Trinajstić information content (AvgIpc) is 3.21. The lowest BCUT2D eigenvalue weighted by atomic mass is 10.1. The third-order valence-electron chi connectivity index (χ3n) is 10.6. The number of ether oxygens (including phenoxy) is 3. The summed E-state index contributed by atoms with van der Waals surface area (Å²) in [5, 5.41) is 0. The van der Waals surface area contributed by atoms with Crippen molar-refractivity contribution in [2.24, 2.45) is 0 Å². The van der Waals surface area contributed by atoms with Crippen LogP contribution in [0, 0.1) is 0 Å². The second-order valence-electron chi connectivity index (χ2n) is 16.4. The van der Waals surface area contributed by atoms with E-state index in [0.29, 0.717) is 19.3 Å². The lowest BCUT2D eigenvalue weighted by Crippen LogP contribution is -2.30. The van der Waals surface area contributed by atoms with Gasteiger partial charge in [-0.2, -0.15) is 0 Å². The first kappa shape index (κ1) is 54.6. The first-order valence-electron chi connectivity index (χ1n) is 24.5. The van der Waals surface area contributed by atoms with E-state index in [-0.39, 0.29) is 31.1 Å². The fraction of sp³-hybridized carbons (Fsp3) is 0.824. The van der Waals surface area contributed by atoms with E-state index in [1.165, 1.54) is 116 Å². The molecule has 332 valence electrons. The maximum absolute atomic E-state index is 12.7. The van der Waals surface area contributed by atoms with Crippen LogP contribution in [-0.2, 0) is 28.6 Å². The first-order valence-corrected chi connectivity index (χ1v) is 24.5. The largest absolute Gasteiger partial charge is 0.462 e. The topological polar surface area (TPSA) is 78.9 Å². The fourth-order valence-corrected chi connectivity index (χ4v) is 6.89. The maximum Gasteiger partial charge on any atom is 0.306 e. The quantitative estimate of drug-likeness (QED) is 0.0264. The van der Waals surface area contributed by atoms with Gasteiger partial charge in [0.1, 0.15) is 13.2 Å². The number of hydrogen-bond donors (Lipinski definition) is 0. The minimum absolute atomic E-state index is 0.0784. The highest BCUT2D eigenvalue weighted by atomic mass is 16.6. The second-order valence-corrected chi connectivity index (χ2v) is 16.4. The SMILES string of the molecule is CCC/C=C\C/C=C\CCCCCCCC(=O)OC(COC(=O)CCCCCCC/C=C\CCCCCCCCC)COC(=O)CCCCCCCCCCCC. The van der Waals surface area contributed by atoms with Gasteiger partial charge in [0.15, 0.2) is 6.10 Å². The van der Waals surface area contributed by atoms with Crippen LogP contribution in [0.2, 0.25) is 0 Å². The van der Waals surface area contributed by atoms with Crippen LogP contribution in [0.15, 0.2) is 36.5 Å². The molecule has 1 atom stereocenters. The molecule has 0 heterocycles. The van der Waals surface area contributed by atoms with Gasteiger partial charge in [0.05, 0.1) is 0 Å². The van der Waals surface area contributed by atoms with Crippen LogP contribution in [0.3, 0.4) is 0 Å². The summed E-state index contributed by atoms with van der Waals surface area (Å²) in [4.78, 5) is 37.8. The zero-order valence-corrected chi connectivity index (χ0v) is 37.9. The molecule has 0 amide bonds. The van der Waals surface area contributed by atoms with Crippen molar-refractivity contribution in [3.63, 3.8) is 0 Å². The summed E-state index contributed by atoms with van der Waals surface area (Å²) in [5.41, 5.74) is 0. The Morgan fingerprint density at radius 3 is 1.05 bits per heavy atom. The average molecular weight is 801 g/mol. The molecular weight excluding hydrogens is 709 g/mol. The Balaban J connectivity index is 4.36. The molecule has 0 radical (unpaired) electrons. The van der Waals surface area contributed by atoms with Gasteiger partial charge < -0.3 is 14.2 Å². The molecule has 0 aromatic rings. The first-order chi connectivity index (χ1) is 28.0. The molecule has 0 aliphatic carbocycles. The molecule has 0 spiro atoms. The minimum atomic E-state index is -0.777. The zero-order valence-electron chi connectivity index (χ0n) is 37.9. The summed E-state index contributed by atoms with van der Waals surface area (Å²) in [6.07, 6.45) is 52.7. The molecule has 0 aliphatic heterocycles. The van der Waals surface area contributed by atoms with Crippen molar-refractivity contribution in [3.8, 4) is 0 Å². The van der Waals surface area contributed by atoms with Crippen LogP contribution in [0.1, 0.15) is 252 Å². The summed E-state index contributed by atoms with van der Waals surface area (Å²) in [5.74, 6) is -0.897. The molecule has 57 heavy (non-hydrogen) atoms. The van der Waals surface area contributed by atoms with E-state index in [1.54, 1.807) is 0 Å². The Bertz CT molecular complexity index is 969. The van der Waals surface area contributed by atoms with Crippen LogP contribution < -0.4 is 0 Å². The number of carbonyl (C=O) groups excluding carboxylic acids is 3. The molecule has 0 N–H and O–H groups in total. The van der Waals surface area contributed by atoms with E-state index in [1.807, 2.05) is 0 Å². The Morgan fingerprint density at radius 1 is 0.351 bits per heavy atom. The van der Waals surface area contributed by atoms with Crippen LogP contribution in [-0.4, -0.2) is 37.2 Å².